The number of hydrogen-bond donors (Lipinski definition) is 0. The third kappa shape index (κ3) is 2.85. The lowest BCUT2D eigenvalue weighted by atomic mass is 9.85. The van der Waals surface area contributed by atoms with Crippen LogP contribution in [-0.2, 0) is 6.54 Å². The Kier molecular flexibility index (Phi) is 4.12. The second kappa shape index (κ2) is 6.42. The number of piperidine rings is 1. The summed E-state index contributed by atoms with van der Waals surface area (Å²) in [7, 11) is 0. The quantitative estimate of drug-likeness (QED) is 0.865. The highest BCUT2D eigenvalue weighted by molar-refractivity contribution is 5.93. The van der Waals surface area contributed by atoms with E-state index in [1.54, 1.807) is 6.92 Å². The summed E-state index contributed by atoms with van der Waals surface area (Å²) in [4.78, 5) is 23.3. The summed E-state index contributed by atoms with van der Waals surface area (Å²) >= 11 is 0. The van der Waals surface area contributed by atoms with Crippen LogP contribution in [0.1, 0.15) is 60.1 Å². The molecular weight excluding hydrogens is 304 g/mol. The summed E-state index contributed by atoms with van der Waals surface area (Å²) in [6.07, 6.45) is 11.4. The third-order valence-corrected chi connectivity index (χ3v) is 5.45. The molecule has 1 saturated heterocycles. The Bertz CT molecular complexity index is 716. The first-order valence-electron chi connectivity index (χ1n) is 8.92. The number of hydrogen-bond acceptors (Lipinski definition) is 4. The van der Waals surface area contributed by atoms with Crippen molar-refractivity contribution in [2.75, 3.05) is 13.1 Å². The number of oxazole rings is 1. The zero-order valence-electron chi connectivity index (χ0n) is 14.1. The zero-order valence-corrected chi connectivity index (χ0v) is 14.1. The third-order valence-electron chi connectivity index (χ3n) is 5.45. The van der Waals surface area contributed by atoms with Gasteiger partial charge >= 0.3 is 0 Å². The van der Waals surface area contributed by atoms with Crippen molar-refractivity contribution in [2.45, 2.75) is 51.5 Å². The van der Waals surface area contributed by atoms with Crippen LogP contribution in [-0.4, -0.2) is 38.4 Å². The van der Waals surface area contributed by atoms with Crippen LogP contribution < -0.4 is 0 Å². The lowest BCUT2D eigenvalue weighted by Crippen LogP contribution is -2.40. The standard InChI is InChI=1S/C18H24N4O2/c1-13-16(20-12-24-13)18(23)22-8-3-6-15(11-22)17-19-7-9-21(17)10-14-4-2-5-14/h7,9,12,14-15H,2-6,8,10-11H2,1H3/t15-/m1/s1. The number of nitrogens with zero attached hydrogens (tertiary/aromatic N) is 4. The van der Waals surface area contributed by atoms with Crippen LogP contribution in [0, 0.1) is 12.8 Å². The van der Waals surface area contributed by atoms with E-state index >= 15 is 0 Å². The average molecular weight is 328 g/mol. The van der Waals surface area contributed by atoms with E-state index in [1.807, 2.05) is 11.1 Å². The predicted octanol–water partition coefficient (Wildman–Crippen LogP) is 3.00. The van der Waals surface area contributed by atoms with Crippen molar-refractivity contribution in [2.24, 2.45) is 5.92 Å². The van der Waals surface area contributed by atoms with Crippen LogP contribution in [0.5, 0.6) is 0 Å². The normalized spacial score (nSPS) is 21.7. The number of amides is 1. The molecule has 128 valence electrons. The van der Waals surface area contributed by atoms with Gasteiger partial charge in [-0.3, -0.25) is 4.79 Å². The minimum atomic E-state index is -0.0250. The molecule has 2 aromatic heterocycles. The fraction of sp³-hybridized carbons (Fsp3) is 0.611. The number of likely N-dealkylation sites (tertiary alicyclic amines) is 1. The van der Waals surface area contributed by atoms with Crippen molar-refractivity contribution >= 4 is 5.91 Å². The highest BCUT2D eigenvalue weighted by Gasteiger charge is 2.30. The maximum Gasteiger partial charge on any atom is 0.276 e. The van der Waals surface area contributed by atoms with Crippen molar-refractivity contribution in [1.82, 2.24) is 19.4 Å². The Balaban J connectivity index is 1.48. The molecule has 1 aliphatic heterocycles. The molecule has 24 heavy (non-hydrogen) atoms. The Labute approximate surface area is 141 Å². The van der Waals surface area contributed by atoms with Crippen molar-refractivity contribution in [1.29, 1.82) is 0 Å². The predicted molar refractivity (Wildman–Crippen MR) is 88.7 cm³/mol. The minimum absolute atomic E-state index is 0.0250. The first-order chi connectivity index (χ1) is 11.7. The second-order valence-corrected chi connectivity index (χ2v) is 7.08. The second-order valence-electron chi connectivity index (χ2n) is 7.08. The molecular formula is C18H24N4O2. The Morgan fingerprint density at radius 2 is 2.17 bits per heavy atom. The van der Waals surface area contributed by atoms with Gasteiger partial charge in [0.1, 0.15) is 11.6 Å². The van der Waals surface area contributed by atoms with Crippen LogP contribution in [0.4, 0.5) is 0 Å². The number of rotatable bonds is 4. The molecule has 1 amide bonds. The Morgan fingerprint density at radius 1 is 1.29 bits per heavy atom. The summed E-state index contributed by atoms with van der Waals surface area (Å²) in [5, 5.41) is 0. The lowest BCUT2D eigenvalue weighted by Gasteiger charge is -2.33. The van der Waals surface area contributed by atoms with Crippen LogP contribution in [0.2, 0.25) is 0 Å². The first kappa shape index (κ1) is 15.4. The molecule has 6 nitrogen and oxygen atoms in total. The fourth-order valence-electron chi connectivity index (χ4n) is 3.82. The maximum absolute atomic E-state index is 12.7. The van der Waals surface area contributed by atoms with E-state index in [0.29, 0.717) is 23.9 Å². The number of carbonyl (C=O) groups excluding carboxylic acids is 1. The van der Waals surface area contributed by atoms with Gasteiger partial charge in [0.15, 0.2) is 12.1 Å². The summed E-state index contributed by atoms with van der Waals surface area (Å²) < 4.78 is 7.49. The number of imidazole rings is 1. The van der Waals surface area contributed by atoms with Gasteiger partial charge in [0.05, 0.1) is 0 Å². The highest BCUT2D eigenvalue weighted by Crippen LogP contribution is 2.31. The molecule has 0 bridgehead atoms. The molecule has 1 saturated carbocycles. The van der Waals surface area contributed by atoms with E-state index in [1.165, 1.54) is 25.7 Å². The van der Waals surface area contributed by atoms with Crippen molar-refractivity contribution in [3.63, 3.8) is 0 Å². The average Bonchev–Trinajstić information content (AvgIpc) is 3.19. The largest absolute Gasteiger partial charge is 0.448 e. The van der Waals surface area contributed by atoms with Crippen LogP contribution in [0.25, 0.3) is 0 Å². The SMILES string of the molecule is Cc1ocnc1C(=O)N1CCC[C@@H](c2nccn2CC2CCC2)C1. The highest BCUT2D eigenvalue weighted by atomic mass is 16.3. The molecule has 0 spiro atoms. The number of aromatic nitrogens is 3. The van der Waals surface area contributed by atoms with E-state index < -0.39 is 0 Å². The summed E-state index contributed by atoms with van der Waals surface area (Å²) in [6.45, 7) is 4.35. The van der Waals surface area contributed by atoms with Gasteiger partial charge in [0, 0.05) is 37.9 Å². The molecule has 2 aromatic rings. The van der Waals surface area contributed by atoms with Crippen molar-refractivity contribution in [3.05, 3.63) is 36.1 Å². The Morgan fingerprint density at radius 3 is 2.88 bits per heavy atom. The molecule has 1 aliphatic carbocycles. The van der Waals surface area contributed by atoms with Crippen LogP contribution >= 0.6 is 0 Å². The molecule has 3 heterocycles. The van der Waals surface area contributed by atoms with Gasteiger partial charge in [0.25, 0.3) is 5.91 Å². The van der Waals surface area contributed by atoms with Crippen molar-refractivity contribution < 1.29 is 9.21 Å². The molecule has 1 atom stereocenters. The van der Waals surface area contributed by atoms with E-state index in [0.717, 1.165) is 37.7 Å². The lowest BCUT2D eigenvalue weighted by molar-refractivity contribution is 0.0695. The van der Waals surface area contributed by atoms with Gasteiger partial charge in [-0.1, -0.05) is 6.42 Å². The van der Waals surface area contributed by atoms with Crippen LogP contribution in [0.3, 0.4) is 0 Å². The molecule has 0 N–H and O–H groups in total. The van der Waals surface area contributed by atoms with E-state index in [-0.39, 0.29) is 5.91 Å². The van der Waals surface area contributed by atoms with Gasteiger partial charge in [0.2, 0.25) is 0 Å². The van der Waals surface area contributed by atoms with Gasteiger partial charge in [-0.25, -0.2) is 9.97 Å². The summed E-state index contributed by atoms with van der Waals surface area (Å²) in [5.41, 5.74) is 0.438. The monoisotopic (exact) mass is 328 g/mol. The molecule has 2 aliphatic rings. The zero-order chi connectivity index (χ0) is 16.5. The van der Waals surface area contributed by atoms with Gasteiger partial charge in [-0.05, 0) is 38.5 Å². The van der Waals surface area contributed by atoms with Gasteiger partial charge < -0.3 is 13.9 Å². The van der Waals surface area contributed by atoms with E-state index in [2.05, 4.69) is 20.7 Å². The fourth-order valence-corrected chi connectivity index (χ4v) is 3.82. The van der Waals surface area contributed by atoms with E-state index in [9.17, 15) is 4.79 Å². The molecule has 0 aromatic carbocycles. The molecule has 4 rings (SSSR count). The molecule has 2 fully saturated rings. The van der Waals surface area contributed by atoms with E-state index in [4.69, 9.17) is 4.42 Å². The van der Waals surface area contributed by atoms with Crippen molar-refractivity contribution in [3.8, 4) is 0 Å². The minimum Gasteiger partial charge on any atom is -0.448 e. The summed E-state index contributed by atoms with van der Waals surface area (Å²) in [6, 6.07) is 0. The smallest absolute Gasteiger partial charge is 0.276 e. The Hall–Kier alpha value is -2.11. The first-order valence-corrected chi connectivity index (χ1v) is 8.92. The molecule has 0 radical (unpaired) electrons. The molecule has 6 heteroatoms. The molecule has 0 unspecified atom stereocenters. The van der Waals surface area contributed by atoms with Crippen LogP contribution in [0.15, 0.2) is 23.2 Å². The number of aryl methyl sites for hydroxylation is 1. The maximum atomic E-state index is 12.7. The van der Waals surface area contributed by atoms with Gasteiger partial charge in [-0.15, -0.1) is 0 Å². The summed E-state index contributed by atoms with van der Waals surface area (Å²) in [5.74, 6) is 2.81. The topological polar surface area (TPSA) is 64.2 Å². The number of carbonyl (C=O) groups is 1. The van der Waals surface area contributed by atoms with Gasteiger partial charge in [-0.2, -0.15) is 0 Å².